The Morgan fingerprint density at radius 1 is 1.32 bits per heavy atom. The zero-order valence-electron chi connectivity index (χ0n) is 11.1. The van der Waals surface area contributed by atoms with E-state index in [0.29, 0.717) is 6.42 Å². The summed E-state index contributed by atoms with van der Waals surface area (Å²) in [5, 5.41) is 14.1. The van der Waals surface area contributed by atoms with Crippen LogP contribution in [-0.2, 0) is 13.0 Å². The van der Waals surface area contributed by atoms with Crippen molar-refractivity contribution < 1.29 is 9.84 Å². The molecular weight excluding hydrogens is 242 g/mol. The summed E-state index contributed by atoms with van der Waals surface area (Å²) in [6, 6.07) is 9.47. The highest BCUT2D eigenvalue weighted by molar-refractivity contribution is 5.20. The van der Waals surface area contributed by atoms with Gasteiger partial charge in [0, 0.05) is 13.0 Å². The van der Waals surface area contributed by atoms with Crippen molar-refractivity contribution in [1.29, 1.82) is 0 Å². The molecule has 0 amide bonds. The van der Waals surface area contributed by atoms with Crippen molar-refractivity contribution in [3.8, 4) is 5.75 Å². The average Bonchev–Trinajstić information content (AvgIpc) is 2.85. The third kappa shape index (κ3) is 4.06. The minimum absolute atomic E-state index is 0.253. The number of rotatable bonds is 7. The summed E-state index contributed by atoms with van der Waals surface area (Å²) in [5.74, 6) is 1.56. The molecule has 0 aliphatic rings. The van der Waals surface area contributed by atoms with E-state index in [-0.39, 0.29) is 6.61 Å². The second-order valence-electron chi connectivity index (χ2n) is 4.38. The van der Waals surface area contributed by atoms with Crippen LogP contribution in [0.1, 0.15) is 19.2 Å². The second kappa shape index (κ2) is 6.89. The number of para-hydroxylation sites is 1. The molecule has 0 saturated carbocycles. The lowest BCUT2D eigenvalue weighted by Gasteiger charge is -2.12. The maximum absolute atomic E-state index is 9.97. The highest BCUT2D eigenvalue weighted by Crippen LogP contribution is 2.09. The fourth-order valence-electron chi connectivity index (χ4n) is 1.82. The van der Waals surface area contributed by atoms with Gasteiger partial charge in [-0.25, -0.2) is 4.98 Å². The molecule has 0 spiro atoms. The number of aryl methyl sites for hydroxylation is 1. The van der Waals surface area contributed by atoms with Crippen molar-refractivity contribution in [3.05, 3.63) is 42.5 Å². The van der Waals surface area contributed by atoms with Crippen LogP contribution in [0.15, 0.2) is 36.7 Å². The van der Waals surface area contributed by atoms with E-state index >= 15 is 0 Å². The lowest BCUT2D eigenvalue weighted by atomic mass is 10.2. The van der Waals surface area contributed by atoms with Crippen LogP contribution in [0, 0.1) is 0 Å². The molecule has 1 aromatic heterocycles. The number of aromatic nitrogens is 3. The van der Waals surface area contributed by atoms with Gasteiger partial charge in [0.15, 0.2) is 0 Å². The van der Waals surface area contributed by atoms with Crippen LogP contribution in [0.3, 0.4) is 0 Å². The Morgan fingerprint density at radius 3 is 2.84 bits per heavy atom. The van der Waals surface area contributed by atoms with Crippen molar-refractivity contribution in [3.63, 3.8) is 0 Å². The van der Waals surface area contributed by atoms with Gasteiger partial charge in [-0.3, -0.25) is 4.68 Å². The summed E-state index contributed by atoms with van der Waals surface area (Å²) < 4.78 is 7.33. The number of aliphatic hydroxyl groups is 1. The molecule has 1 aromatic carbocycles. The van der Waals surface area contributed by atoms with Gasteiger partial charge in [0.25, 0.3) is 0 Å². The highest BCUT2D eigenvalue weighted by Gasteiger charge is 2.11. The van der Waals surface area contributed by atoms with E-state index in [2.05, 4.69) is 17.0 Å². The number of hydrogen-bond donors (Lipinski definition) is 1. The standard InChI is InChI=1S/C14H19N3O2/c1-2-8-17-14(15-11-16-17)9-12(18)10-19-13-6-4-3-5-7-13/h3-7,11-12,18H,2,8-10H2,1H3. The summed E-state index contributed by atoms with van der Waals surface area (Å²) in [6.45, 7) is 3.16. The fraction of sp³-hybridized carbons (Fsp3) is 0.429. The summed E-state index contributed by atoms with van der Waals surface area (Å²) in [5.41, 5.74) is 0. The molecule has 0 saturated heterocycles. The Labute approximate surface area is 112 Å². The first-order valence-corrected chi connectivity index (χ1v) is 6.52. The first-order valence-electron chi connectivity index (χ1n) is 6.52. The van der Waals surface area contributed by atoms with Gasteiger partial charge in [-0.15, -0.1) is 0 Å². The van der Waals surface area contributed by atoms with Crippen molar-refractivity contribution in [1.82, 2.24) is 14.8 Å². The number of aliphatic hydroxyl groups excluding tert-OH is 1. The highest BCUT2D eigenvalue weighted by atomic mass is 16.5. The largest absolute Gasteiger partial charge is 0.491 e. The summed E-state index contributed by atoms with van der Waals surface area (Å²) >= 11 is 0. The first kappa shape index (κ1) is 13.5. The average molecular weight is 261 g/mol. The van der Waals surface area contributed by atoms with E-state index in [1.165, 1.54) is 6.33 Å². The second-order valence-corrected chi connectivity index (χ2v) is 4.38. The zero-order valence-corrected chi connectivity index (χ0v) is 11.1. The Balaban J connectivity index is 1.84. The molecule has 0 aliphatic heterocycles. The van der Waals surface area contributed by atoms with E-state index in [1.54, 1.807) is 0 Å². The van der Waals surface area contributed by atoms with Crippen LogP contribution < -0.4 is 4.74 Å². The molecule has 0 bridgehead atoms. The van der Waals surface area contributed by atoms with Gasteiger partial charge >= 0.3 is 0 Å². The number of benzene rings is 1. The monoisotopic (exact) mass is 261 g/mol. The van der Waals surface area contributed by atoms with Crippen LogP contribution in [0.5, 0.6) is 5.75 Å². The molecule has 1 heterocycles. The quantitative estimate of drug-likeness (QED) is 0.823. The van der Waals surface area contributed by atoms with Gasteiger partial charge in [-0.05, 0) is 18.6 Å². The molecule has 0 radical (unpaired) electrons. The third-order valence-electron chi connectivity index (χ3n) is 2.73. The van der Waals surface area contributed by atoms with Crippen LogP contribution in [0.2, 0.25) is 0 Å². The summed E-state index contributed by atoms with van der Waals surface area (Å²) in [7, 11) is 0. The van der Waals surface area contributed by atoms with Gasteiger partial charge in [-0.1, -0.05) is 25.1 Å². The van der Waals surface area contributed by atoms with E-state index in [9.17, 15) is 5.11 Å². The van der Waals surface area contributed by atoms with E-state index in [4.69, 9.17) is 4.74 Å². The molecule has 19 heavy (non-hydrogen) atoms. The molecule has 2 rings (SSSR count). The molecule has 102 valence electrons. The van der Waals surface area contributed by atoms with Crippen molar-refractivity contribution in [2.45, 2.75) is 32.4 Å². The van der Waals surface area contributed by atoms with E-state index in [0.717, 1.165) is 24.5 Å². The molecule has 0 aliphatic carbocycles. The molecule has 1 unspecified atom stereocenters. The third-order valence-corrected chi connectivity index (χ3v) is 2.73. The van der Waals surface area contributed by atoms with Gasteiger partial charge in [0.05, 0.1) is 6.10 Å². The Kier molecular flexibility index (Phi) is 4.92. The molecular formula is C14H19N3O2. The van der Waals surface area contributed by atoms with Crippen molar-refractivity contribution in [2.24, 2.45) is 0 Å². The normalized spacial score (nSPS) is 12.3. The molecule has 0 fully saturated rings. The number of hydrogen-bond acceptors (Lipinski definition) is 4. The predicted molar refractivity (Wildman–Crippen MR) is 72.0 cm³/mol. The van der Waals surface area contributed by atoms with Crippen LogP contribution in [0.25, 0.3) is 0 Å². The van der Waals surface area contributed by atoms with E-state index < -0.39 is 6.10 Å². The number of ether oxygens (including phenoxy) is 1. The Hall–Kier alpha value is -1.88. The zero-order chi connectivity index (χ0) is 13.5. The topological polar surface area (TPSA) is 60.2 Å². The van der Waals surface area contributed by atoms with Gasteiger partial charge in [-0.2, -0.15) is 5.10 Å². The molecule has 5 heteroatoms. The van der Waals surface area contributed by atoms with Crippen LogP contribution in [-0.4, -0.2) is 32.6 Å². The fourth-order valence-corrected chi connectivity index (χ4v) is 1.82. The predicted octanol–water partition coefficient (Wildman–Crippen LogP) is 1.67. The maximum Gasteiger partial charge on any atom is 0.138 e. The van der Waals surface area contributed by atoms with Crippen molar-refractivity contribution >= 4 is 0 Å². The van der Waals surface area contributed by atoms with E-state index in [1.807, 2.05) is 35.0 Å². The molecule has 2 aromatic rings. The SMILES string of the molecule is CCCn1ncnc1CC(O)COc1ccccc1. The van der Waals surface area contributed by atoms with Gasteiger partial charge < -0.3 is 9.84 Å². The Bertz CT molecular complexity index is 484. The first-order chi connectivity index (χ1) is 9.29. The van der Waals surface area contributed by atoms with Gasteiger partial charge in [0.1, 0.15) is 24.5 Å². The number of nitrogens with zero attached hydrogens (tertiary/aromatic N) is 3. The lowest BCUT2D eigenvalue weighted by molar-refractivity contribution is 0.105. The molecule has 5 nitrogen and oxygen atoms in total. The minimum Gasteiger partial charge on any atom is -0.491 e. The van der Waals surface area contributed by atoms with Crippen molar-refractivity contribution in [2.75, 3.05) is 6.61 Å². The lowest BCUT2D eigenvalue weighted by Crippen LogP contribution is -2.22. The molecule has 1 atom stereocenters. The minimum atomic E-state index is -0.583. The van der Waals surface area contributed by atoms with Crippen LogP contribution in [0.4, 0.5) is 0 Å². The molecule has 1 N–H and O–H groups in total. The summed E-state index contributed by atoms with van der Waals surface area (Å²) in [4.78, 5) is 4.17. The maximum atomic E-state index is 9.97. The van der Waals surface area contributed by atoms with Gasteiger partial charge in [0.2, 0.25) is 0 Å². The smallest absolute Gasteiger partial charge is 0.138 e. The van der Waals surface area contributed by atoms with Crippen LogP contribution >= 0.6 is 0 Å². The summed E-state index contributed by atoms with van der Waals surface area (Å²) in [6.07, 6.45) is 2.38. The Morgan fingerprint density at radius 2 is 2.11 bits per heavy atom.